The van der Waals surface area contributed by atoms with E-state index >= 15 is 0 Å². The van der Waals surface area contributed by atoms with Crippen LogP contribution >= 0.6 is 15.9 Å². The van der Waals surface area contributed by atoms with Gasteiger partial charge in [0.1, 0.15) is 6.61 Å². The zero-order chi connectivity index (χ0) is 12.3. The molecular formula is C12H9BrO4. The number of rotatable bonds is 3. The fraction of sp³-hybridized carbons (Fsp3) is 0.167. The van der Waals surface area contributed by atoms with Crippen molar-refractivity contribution >= 4 is 27.9 Å². The van der Waals surface area contributed by atoms with Gasteiger partial charge in [-0.15, -0.1) is 0 Å². The normalized spacial score (nSPS) is 22.3. The number of esters is 2. The summed E-state index contributed by atoms with van der Waals surface area (Å²) in [7, 11) is 0. The minimum atomic E-state index is -1.03. The minimum Gasteiger partial charge on any atom is -0.456 e. The highest BCUT2D eigenvalue weighted by Gasteiger charge is 2.34. The number of cyclic esters (lactones) is 1. The van der Waals surface area contributed by atoms with Crippen LogP contribution in [0.1, 0.15) is 10.4 Å². The maximum Gasteiger partial charge on any atom is 0.338 e. The van der Waals surface area contributed by atoms with Gasteiger partial charge in [-0.25, -0.2) is 9.59 Å². The van der Waals surface area contributed by atoms with Crippen LogP contribution in [0.2, 0.25) is 0 Å². The zero-order valence-electron chi connectivity index (χ0n) is 8.76. The van der Waals surface area contributed by atoms with Crippen molar-refractivity contribution in [3.8, 4) is 0 Å². The Kier molecular flexibility index (Phi) is 3.28. The number of benzene rings is 1. The van der Waals surface area contributed by atoms with E-state index in [4.69, 9.17) is 9.47 Å². The van der Waals surface area contributed by atoms with Crippen LogP contribution in [0.5, 0.6) is 0 Å². The molecule has 0 unspecified atom stereocenters. The van der Waals surface area contributed by atoms with E-state index in [0.29, 0.717) is 5.56 Å². The molecule has 2 rings (SSSR count). The quantitative estimate of drug-likeness (QED) is 0.633. The smallest absolute Gasteiger partial charge is 0.338 e. The first-order chi connectivity index (χ1) is 8.09. The van der Waals surface area contributed by atoms with Crippen LogP contribution < -0.4 is 0 Å². The monoisotopic (exact) mass is 296 g/mol. The van der Waals surface area contributed by atoms with Crippen molar-refractivity contribution in [1.82, 2.24) is 0 Å². The molecule has 1 aliphatic heterocycles. The van der Waals surface area contributed by atoms with Crippen LogP contribution in [-0.4, -0.2) is 23.1 Å². The van der Waals surface area contributed by atoms with Crippen LogP contribution in [0.4, 0.5) is 0 Å². The molecule has 1 aromatic carbocycles. The molecule has 0 N–H and O–H groups in total. The number of ether oxygens (including phenoxy) is 2. The largest absolute Gasteiger partial charge is 0.456 e. The van der Waals surface area contributed by atoms with Crippen LogP contribution in [0.25, 0.3) is 0 Å². The summed E-state index contributed by atoms with van der Waals surface area (Å²) in [5, 5.41) is 0. The Bertz CT molecular complexity index is 469. The van der Waals surface area contributed by atoms with Gasteiger partial charge < -0.3 is 9.47 Å². The molecule has 1 atom stereocenters. The lowest BCUT2D eigenvalue weighted by molar-refractivity contribution is -0.141. The van der Waals surface area contributed by atoms with Gasteiger partial charge in [0.15, 0.2) is 0 Å². The van der Waals surface area contributed by atoms with Gasteiger partial charge >= 0.3 is 11.9 Å². The van der Waals surface area contributed by atoms with Gasteiger partial charge in [-0.2, -0.15) is 0 Å². The second kappa shape index (κ2) is 4.71. The SMILES string of the molecule is O=C1C=C[C@@](Br)(COC(=O)c2ccccc2)O1. The number of halogens is 1. The van der Waals surface area contributed by atoms with Crippen LogP contribution in [0, 0.1) is 0 Å². The Balaban J connectivity index is 1.93. The van der Waals surface area contributed by atoms with E-state index in [1.165, 1.54) is 12.2 Å². The van der Waals surface area contributed by atoms with Crippen LogP contribution in [-0.2, 0) is 14.3 Å². The van der Waals surface area contributed by atoms with Gasteiger partial charge in [0.05, 0.1) is 5.56 Å². The number of hydrogen-bond acceptors (Lipinski definition) is 4. The molecule has 5 heteroatoms. The van der Waals surface area contributed by atoms with Crippen molar-refractivity contribution in [2.24, 2.45) is 0 Å². The van der Waals surface area contributed by atoms with Crippen molar-refractivity contribution in [3.05, 3.63) is 48.0 Å². The fourth-order valence-electron chi connectivity index (χ4n) is 1.33. The second-order valence-electron chi connectivity index (χ2n) is 3.48. The molecule has 0 aliphatic carbocycles. The predicted molar refractivity (Wildman–Crippen MR) is 63.6 cm³/mol. The van der Waals surface area contributed by atoms with Gasteiger partial charge in [0.25, 0.3) is 0 Å². The van der Waals surface area contributed by atoms with E-state index < -0.39 is 16.4 Å². The van der Waals surface area contributed by atoms with E-state index in [-0.39, 0.29) is 6.61 Å². The molecule has 0 radical (unpaired) electrons. The molecule has 1 heterocycles. The van der Waals surface area contributed by atoms with E-state index in [2.05, 4.69) is 15.9 Å². The number of alkyl halides is 1. The zero-order valence-corrected chi connectivity index (χ0v) is 10.3. The summed E-state index contributed by atoms with van der Waals surface area (Å²) in [5.41, 5.74) is 0.455. The minimum absolute atomic E-state index is 0.0665. The molecule has 17 heavy (non-hydrogen) atoms. The van der Waals surface area contributed by atoms with E-state index in [0.717, 1.165) is 0 Å². The van der Waals surface area contributed by atoms with Crippen LogP contribution in [0.3, 0.4) is 0 Å². The maximum absolute atomic E-state index is 11.6. The number of carbonyl (C=O) groups excluding carboxylic acids is 2. The topological polar surface area (TPSA) is 52.6 Å². The molecule has 88 valence electrons. The third-order valence-electron chi connectivity index (χ3n) is 2.15. The molecule has 0 bridgehead atoms. The Morgan fingerprint density at radius 1 is 1.35 bits per heavy atom. The summed E-state index contributed by atoms with van der Waals surface area (Å²) >= 11 is 3.18. The van der Waals surface area contributed by atoms with E-state index in [9.17, 15) is 9.59 Å². The molecule has 0 saturated heterocycles. The molecule has 4 nitrogen and oxygen atoms in total. The van der Waals surface area contributed by atoms with Gasteiger partial charge in [-0.1, -0.05) is 18.2 Å². The average Bonchev–Trinajstić information content (AvgIpc) is 2.68. The third-order valence-corrected chi connectivity index (χ3v) is 2.80. The first kappa shape index (κ1) is 11.9. The highest BCUT2D eigenvalue weighted by atomic mass is 79.9. The van der Waals surface area contributed by atoms with Crippen LogP contribution in [0.15, 0.2) is 42.5 Å². The Morgan fingerprint density at radius 3 is 2.65 bits per heavy atom. The van der Waals surface area contributed by atoms with Crippen molar-refractivity contribution in [2.45, 2.75) is 4.51 Å². The Hall–Kier alpha value is -1.62. The molecule has 1 aromatic rings. The molecular weight excluding hydrogens is 288 g/mol. The first-order valence-corrected chi connectivity index (χ1v) is 5.72. The molecule has 0 saturated carbocycles. The van der Waals surface area contributed by atoms with Crippen molar-refractivity contribution in [2.75, 3.05) is 6.61 Å². The summed E-state index contributed by atoms with van der Waals surface area (Å²) in [4.78, 5) is 22.5. The Labute approximate surface area is 106 Å². The lowest BCUT2D eigenvalue weighted by atomic mass is 10.2. The first-order valence-electron chi connectivity index (χ1n) is 4.92. The number of hydrogen-bond donors (Lipinski definition) is 0. The summed E-state index contributed by atoms with van der Waals surface area (Å²) in [5.74, 6) is -0.918. The maximum atomic E-state index is 11.6. The van der Waals surface area contributed by atoms with E-state index in [1.54, 1.807) is 24.3 Å². The molecule has 0 amide bonds. The summed E-state index contributed by atoms with van der Waals surface area (Å²) in [6, 6.07) is 8.61. The van der Waals surface area contributed by atoms with Gasteiger partial charge in [-0.3, -0.25) is 0 Å². The summed E-state index contributed by atoms with van der Waals surface area (Å²) < 4.78 is 8.94. The van der Waals surface area contributed by atoms with Crippen molar-refractivity contribution < 1.29 is 19.1 Å². The summed E-state index contributed by atoms with van der Waals surface area (Å²) in [6.07, 6.45) is 2.79. The lowest BCUT2D eigenvalue weighted by Gasteiger charge is -2.18. The molecule has 0 spiro atoms. The van der Waals surface area contributed by atoms with Gasteiger partial charge in [0, 0.05) is 6.08 Å². The third kappa shape index (κ3) is 2.94. The number of carbonyl (C=O) groups is 2. The second-order valence-corrected chi connectivity index (χ2v) is 4.83. The summed E-state index contributed by atoms with van der Waals surface area (Å²) in [6.45, 7) is -0.0665. The molecule has 1 aliphatic rings. The fourth-order valence-corrected chi connectivity index (χ4v) is 1.73. The highest BCUT2D eigenvalue weighted by Crippen LogP contribution is 2.27. The van der Waals surface area contributed by atoms with E-state index in [1.807, 2.05) is 6.07 Å². The van der Waals surface area contributed by atoms with Crippen molar-refractivity contribution in [1.29, 1.82) is 0 Å². The average molecular weight is 297 g/mol. The highest BCUT2D eigenvalue weighted by molar-refractivity contribution is 9.10. The Morgan fingerprint density at radius 2 is 2.06 bits per heavy atom. The standard InChI is InChI=1S/C12H9BrO4/c13-12(7-6-10(14)17-12)8-16-11(15)9-4-2-1-3-5-9/h1-7H,8H2/t12-/m0/s1. The molecule has 0 fully saturated rings. The van der Waals surface area contributed by atoms with Crippen molar-refractivity contribution in [3.63, 3.8) is 0 Å². The predicted octanol–water partition coefficient (Wildman–Crippen LogP) is 2.05. The molecule has 0 aromatic heterocycles. The van der Waals surface area contributed by atoms with Gasteiger partial charge in [-0.05, 0) is 34.1 Å². The lowest BCUT2D eigenvalue weighted by Crippen LogP contribution is -2.28. The van der Waals surface area contributed by atoms with Gasteiger partial charge in [0.2, 0.25) is 4.51 Å².